The summed E-state index contributed by atoms with van der Waals surface area (Å²) in [5.41, 5.74) is 15.5. The van der Waals surface area contributed by atoms with Crippen molar-refractivity contribution < 1.29 is 0 Å². The number of hydrogen-bond donors (Lipinski definition) is 3. The second-order valence-electron chi connectivity index (χ2n) is 2.31. The van der Waals surface area contributed by atoms with Gasteiger partial charge in [0.1, 0.15) is 0 Å². The number of nitrogens with zero attached hydrogens (tertiary/aromatic N) is 6. The molecular formula is C5H11N9. The lowest BCUT2D eigenvalue weighted by Gasteiger charge is -1.95. The molecule has 0 aliphatic carbocycles. The van der Waals surface area contributed by atoms with Gasteiger partial charge in [-0.05, 0) is 5.21 Å². The SMILES string of the molecule is NC(N)=NC(N)=NCCn1ncnn1. The monoisotopic (exact) mass is 197 g/mol. The summed E-state index contributed by atoms with van der Waals surface area (Å²) in [5.74, 6) is -0.0877. The van der Waals surface area contributed by atoms with Gasteiger partial charge in [-0.2, -0.15) is 9.79 Å². The highest BCUT2D eigenvalue weighted by Crippen LogP contribution is 1.79. The van der Waals surface area contributed by atoms with Crippen molar-refractivity contribution in [2.24, 2.45) is 27.2 Å². The van der Waals surface area contributed by atoms with E-state index in [0.29, 0.717) is 13.1 Å². The minimum atomic E-state index is -0.120. The number of guanidine groups is 2. The molecule has 76 valence electrons. The Balaban J connectivity index is 2.37. The van der Waals surface area contributed by atoms with Crippen molar-refractivity contribution in [3.05, 3.63) is 6.33 Å². The molecule has 0 atom stereocenters. The third-order valence-corrected chi connectivity index (χ3v) is 1.21. The van der Waals surface area contributed by atoms with Gasteiger partial charge in [0.2, 0.25) is 5.96 Å². The van der Waals surface area contributed by atoms with Gasteiger partial charge in [-0.25, -0.2) is 4.99 Å². The predicted molar refractivity (Wildman–Crippen MR) is 50.1 cm³/mol. The van der Waals surface area contributed by atoms with E-state index in [1.165, 1.54) is 11.1 Å². The van der Waals surface area contributed by atoms with Crippen molar-refractivity contribution in [3.63, 3.8) is 0 Å². The molecule has 6 N–H and O–H groups in total. The molecule has 0 spiro atoms. The lowest BCUT2D eigenvalue weighted by Crippen LogP contribution is -2.26. The topological polar surface area (TPSA) is 146 Å². The Morgan fingerprint density at radius 2 is 2.14 bits per heavy atom. The van der Waals surface area contributed by atoms with E-state index >= 15 is 0 Å². The zero-order valence-electron chi connectivity index (χ0n) is 7.41. The second kappa shape index (κ2) is 4.74. The summed E-state index contributed by atoms with van der Waals surface area (Å²) in [6, 6.07) is 0. The zero-order chi connectivity index (χ0) is 10.4. The Kier molecular flexibility index (Phi) is 3.35. The lowest BCUT2D eigenvalue weighted by atomic mass is 10.7. The Bertz CT molecular complexity index is 319. The Morgan fingerprint density at radius 3 is 2.71 bits per heavy atom. The van der Waals surface area contributed by atoms with Gasteiger partial charge in [0.05, 0.1) is 13.1 Å². The van der Waals surface area contributed by atoms with Gasteiger partial charge in [0.15, 0.2) is 12.3 Å². The highest BCUT2D eigenvalue weighted by molar-refractivity contribution is 5.92. The molecule has 1 aromatic rings. The van der Waals surface area contributed by atoms with Crippen molar-refractivity contribution in [2.45, 2.75) is 6.54 Å². The minimum absolute atomic E-state index is 0.0325. The smallest absolute Gasteiger partial charge is 0.218 e. The van der Waals surface area contributed by atoms with Crippen LogP contribution in [0.1, 0.15) is 0 Å². The fraction of sp³-hybridized carbons (Fsp3) is 0.400. The van der Waals surface area contributed by atoms with Crippen LogP contribution in [0.2, 0.25) is 0 Å². The third kappa shape index (κ3) is 3.47. The first-order valence-corrected chi connectivity index (χ1v) is 3.79. The second-order valence-corrected chi connectivity index (χ2v) is 2.31. The quantitative estimate of drug-likeness (QED) is 0.354. The first-order chi connectivity index (χ1) is 6.68. The molecule has 0 aromatic carbocycles. The van der Waals surface area contributed by atoms with Crippen LogP contribution in [0.25, 0.3) is 0 Å². The van der Waals surface area contributed by atoms with Gasteiger partial charge in [0.25, 0.3) is 0 Å². The summed E-state index contributed by atoms with van der Waals surface area (Å²) in [6.45, 7) is 0.861. The number of hydrogen-bond acceptors (Lipinski definition) is 4. The van der Waals surface area contributed by atoms with Crippen LogP contribution < -0.4 is 17.2 Å². The normalized spacial score (nSPS) is 11.3. The molecule has 0 saturated heterocycles. The molecule has 0 bridgehead atoms. The number of aliphatic imine (C=N–C) groups is 2. The molecule has 0 saturated carbocycles. The van der Waals surface area contributed by atoms with Gasteiger partial charge in [0, 0.05) is 0 Å². The van der Waals surface area contributed by atoms with Crippen LogP contribution in [-0.2, 0) is 6.54 Å². The number of tetrazole rings is 1. The summed E-state index contributed by atoms with van der Waals surface area (Å²) in [6.07, 6.45) is 1.34. The first-order valence-electron chi connectivity index (χ1n) is 3.79. The maximum atomic E-state index is 5.35. The highest BCUT2D eigenvalue weighted by atomic mass is 15.6. The zero-order valence-corrected chi connectivity index (χ0v) is 7.41. The predicted octanol–water partition coefficient (Wildman–Crippen LogP) is -2.74. The Hall–Kier alpha value is -2.19. The molecule has 9 heteroatoms. The molecule has 9 nitrogen and oxygen atoms in total. The standard InChI is InChI=1S/C5H11N9/c6-4(7)12-5(8)9-1-2-14-11-3-10-13-14/h3H,1-2H2,(H6,6,7,8,9,12). The van der Waals surface area contributed by atoms with Crippen molar-refractivity contribution >= 4 is 11.9 Å². The molecule has 14 heavy (non-hydrogen) atoms. The number of aromatic nitrogens is 4. The summed E-state index contributed by atoms with van der Waals surface area (Å²) >= 11 is 0. The van der Waals surface area contributed by atoms with Gasteiger partial charge >= 0.3 is 0 Å². The summed E-state index contributed by atoms with van der Waals surface area (Å²) in [5, 5.41) is 10.9. The Morgan fingerprint density at radius 1 is 1.36 bits per heavy atom. The maximum Gasteiger partial charge on any atom is 0.218 e. The fourth-order valence-electron chi connectivity index (χ4n) is 0.713. The van der Waals surface area contributed by atoms with E-state index in [9.17, 15) is 0 Å². The van der Waals surface area contributed by atoms with E-state index in [4.69, 9.17) is 17.2 Å². The van der Waals surface area contributed by atoms with Crippen molar-refractivity contribution in [2.75, 3.05) is 6.54 Å². The summed E-state index contributed by atoms with van der Waals surface area (Å²) < 4.78 is 0. The fourth-order valence-corrected chi connectivity index (χ4v) is 0.713. The summed E-state index contributed by atoms with van der Waals surface area (Å²) in [4.78, 5) is 8.77. The van der Waals surface area contributed by atoms with Crippen LogP contribution in [0.3, 0.4) is 0 Å². The molecule has 0 aliphatic rings. The van der Waals surface area contributed by atoms with E-state index in [1.807, 2.05) is 0 Å². The molecule has 1 rings (SSSR count). The average Bonchev–Trinajstić information content (AvgIpc) is 2.55. The summed E-state index contributed by atoms with van der Waals surface area (Å²) in [7, 11) is 0. The van der Waals surface area contributed by atoms with Crippen LogP contribution in [0, 0.1) is 0 Å². The third-order valence-electron chi connectivity index (χ3n) is 1.21. The Labute approximate surface area is 79.7 Å². The van der Waals surface area contributed by atoms with E-state index in [2.05, 4.69) is 25.4 Å². The van der Waals surface area contributed by atoms with Crippen LogP contribution in [-0.4, -0.2) is 38.7 Å². The van der Waals surface area contributed by atoms with E-state index in [1.54, 1.807) is 0 Å². The highest BCUT2D eigenvalue weighted by Gasteiger charge is 1.92. The van der Waals surface area contributed by atoms with E-state index in [0.717, 1.165) is 0 Å². The van der Waals surface area contributed by atoms with Gasteiger partial charge in [-0.1, -0.05) is 0 Å². The van der Waals surface area contributed by atoms with Crippen molar-refractivity contribution in [3.8, 4) is 0 Å². The van der Waals surface area contributed by atoms with Crippen molar-refractivity contribution in [1.29, 1.82) is 0 Å². The largest absolute Gasteiger partial charge is 0.370 e. The minimum Gasteiger partial charge on any atom is -0.370 e. The van der Waals surface area contributed by atoms with Crippen molar-refractivity contribution in [1.82, 2.24) is 20.2 Å². The molecule has 1 heterocycles. The average molecular weight is 197 g/mol. The van der Waals surface area contributed by atoms with E-state index in [-0.39, 0.29) is 11.9 Å². The molecule has 0 unspecified atom stereocenters. The van der Waals surface area contributed by atoms with Crippen LogP contribution in [0.4, 0.5) is 0 Å². The van der Waals surface area contributed by atoms with Gasteiger partial charge in [-0.15, -0.1) is 10.2 Å². The molecule has 0 amide bonds. The lowest BCUT2D eigenvalue weighted by molar-refractivity contribution is 0.531. The molecular weight excluding hydrogens is 186 g/mol. The van der Waals surface area contributed by atoms with Crippen LogP contribution >= 0.6 is 0 Å². The molecule has 0 radical (unpaired) electrons. The molecule has 0 aliphatic heterocycles. The van der Waals surface area contributed by atoms with Crippen LogP contribution in [0.5, 0.6) is 0 Å². The number of rotatable bonds is 3. The van der Waals surface area contributed by atoms with Gasteiger partial charge in [-0.3, -0.25) is 0 Å². The maximum absolute atomic E-state index is 5.35. The molecule has 1 aromatic heterocycles. The van der Waals surface area contributed by atoms with Crippen LogP contribution in [0.15, 0.2) is 16.3 Å². The van der Waals surface area contributed by atoms with Gasteiger partial charge < -0.3 is 17.2 Å². The number of nitrogens with two attached hydrogens (primary N) is 3. The van der Waals surface area contributed by atoms with E-state index < -0.39 is 0 Å². The first kappa shape index (κ1) is 9.89. The molecule has 0 fully saturated rings.